The predicted octanol–water partition coefficient (Wildman–Crippen LogP) is 7.35. The Hall–Kier alpha value is -0.400. The molecule has 0 nitrogen and oxygen atoms in total. The van der Waals surface area contributed by atoms with Crippen LogP contribution in [0.1, 0.15) is 90.4 Å². The average molecular weight is 312 g/mol. The van der Waals surface area contributed by atoms with Crippen LogP contribution < -0.4 is 0 Å². The summed E-state index contributed by atoms with van der Waals surface area (Å²) in [5.41, 5.74) is 0. The minimum absolute atomic E-state index is 0.517. The zero-order chi connectivity index (χ0) is 15.8. The van der Waals surface area contributed by atoms with E-state index in [2.05, 4.69) is 6.92 Å². The Morgan fingerprint density at radius 2 is 1.36 bits per heavy atom. The number of allylic oxidation sites excluding steroid dienone is 1. The third kappa shape index (κ3) is 6.01. The van der Waals surface area contributed by atoms with Gasteiger partial charge in [0.15, 0.2) is 0 Å². The first-order valence-corrected chi connectivity index (χ1v) is 9.70. The first kappa shape index (κ1) is 17.9. The van der Waals surface area contributed by atoms with Gasteiger partial charge in [0.05, 0.1) is 0 Å². The van der Waals surface area contributed by atoms with Crippen molar-refractivity contribution in [2.45, 2.75) is 90.4 Å². The van der Waals surface area contributed by atoms with Crippen LogP contribution in [-0.2, 0) is 0 Å². The van der Waals surface area contributed by atoms with Crippen molar-refractivity contribution in [3.05, 3.63) is 12.2 Å². The van der Waals surface area contributed by atoms with Crippen LogP contribution in [0.15, 0.2) is 12.2 Å². The lowest BCUT2D eigenvalue weighted by atomic mass is 9.68. The van der Waals surface area contributed by atoms with E-state index >= 15 is 0 Å². The molecule has 2 saturated carbocycles. The lowest BCUT2D eigenvalue weighted by molar-refractivity contribution is 0.143. The molecule has 0 unspecified atom stereocenters. The topological polar surface area (TPSA) is 0 Å². The van der Waals surface area contributed by atoms with E-state index in [0.29, 0.717) is 12.3 Å². The maximum absolute atomic E-state index is 12.2. The van der Waals surface area contributed by atoms with Crippen molar-refractivity contribution < 1.29 is 8.78 Å². The van der Waals surface area contributed by atoms with Gasteiger partial charge < -0.3 is 0 Å². The Kier molecular flexibility index (Phi) is 7.89. The fourth-order valence-corrected chi connectivity index (χ4v) is 4.78. The van der Waals surface area contributed by atoms with Crippen LogP contribution in [0.5, 0.6) is 0 Å². The van der Waals surface area contributed by atoms with Gasteiger partial charge >= 0.3 is 0 Å². The quantitative estimate of drug-likeness (QED) is 0.431. The summed E-state index contributed by atoms with van der Waals surface area (Å²) in [6, 6.07) is 0. The second-order valence-electron chi connectivity index (χ2n) is 7.79. The summed E-state index contributed by atoms with van der Waals surface area (Å²) in [5, 5.41) is 0. The Labute approximate surface area is 135 Å². The molecule has 0 radical (unpaired) electrons. The van der Waals surface area contributed by atoms with E-state index in [1.807, 2.05) is 0 Å². The molecule has 0 aromatic rings. The Balaban J connectivity index is 1.63. The standard InChI is InChI=1S/C20H34F2/c1-2-3-4-5-16-6-11-18(12-7-16)19-13-8-17(9-14-19)10-15-20(21)22/h15-19H,2-14H2,1H3/t16-,17-,18-,19-. The van der Waals surface area contributed by atoms with Crippen LogP contribution in [0.3, 0.4) is 0 Å². The van der Waals surface area contributed by atoms with Gasteiger partial charge in [-0.15, -0.1) is 0 Å². The summed E-state index contributed by atoms with van der Waals surface area (Å²) in [6.45, 7) is 2.28. The number of halogens is 2. The maximum Gasteiger partial charge on any atom is 0.266 e. The molecule has 0 N–H and O–H groups in total. The Bertz CT molecular complexity index is 317. The SMILES string of the molecule is CCCCC[C@H]1CC[C@H]([C@H]2CC[C@H](CC=C(F)F)CC2)CC1. The van der Waals surface area contributed by atoms with Crippen LogP contribution in [-0.4, -0.2) is 0 Å². The minimum Gasteiger partial charge on any atom is -0.174 e. The van der Waals surface area contributed by atoms with Gasteiger partial charge in [0.25, 0.3) is 6.08 Å². The second kappa shape index (κ2) is 9.67. The fourth-order valence-electron chi connectivity index (χ4n) is 4.78. The molecule has 0 aliphatic heterocycles. The summed E-state index contributed by atoms with van der Waals surface area (Å²) in [6.07, 6.45) is 16.5. The molecule has 0 amide bonds. The largest absolute Gasteiger partial charge is 0.266 e. The Morgan fingerprint density at radius 3 is 1.86 bits per heavy atom. The number of rotatable bonds is 7. The highest BCUT2D eigenvalue weighted by Gasteiger charge is 2.30. The molecule has 0 heterocycles. The molecule has 0 aromatic heterocycles. The van der Waals surface area contributed by atoms with E-state index < -0.39 is 6.08 Å². The van der Waals surface area contributed by atoms with E-state index in [-0.39, 0.29) is 0 Å². The van der Waals surface area contributed by atoms with Crippen molar-refractivity contribution in [2.24, 2.45) is 23.7 Å². The molecule has 2 aliphatic carbocycles. The maximum atomic E-state index is 12.2. The molecule has 0 saturated heterocycles. The third-order valence-corrected chi connectivity index (χ3v) is 6.27. The van der Waals surface area contributed by atoms with Crippen molar-refractivity contribution in [3.8, 4) is 0 Å². The van der Waals surface area contributed by atoms with Crippen molar-refractivity contribution in [1.29, 1.82) is 0 Å². The molecular weight excluding hydrogens is 278 g/mol. The molecule has 0 spiro atoms. The highest BCUT2D eigenvalue weighted by atomic mass is 19.3. The minimum atomic E-state index is -1.50. The molecule has 22 heavy (non-hydrogen) atoms. The van der Waals surface area contributed by atoms with Gasteiger partial charge in [-0.05, 0) is 74.7 Å². The summed E-state index contributed by atoms with van der Waals surface area (Å²) in [5.74, 6) is 3.35. The monoisotopic (exact) mass is 312 g/mol. The molecule has 2 fully saturated rings. The fraction of sp³-hybridized carbons (Fsp3) is 0.900. The van der Waals surface area contributed by atoms with Gasteiger partial charge in [-0.1, -0.05) is 45.4 Å². The zero-order valence-corrected chi connectivity index (χ0v) is 14.3. The van der Waals surface area contributed by atoms with Gasteiger partial charge in [0.2, 0.25) is 0 Å². The van der Waals surface area contributed by atoms with E-state index in [0.717, 1.165) is 23.8 Å². The number of unbranched alkanes of at least 4 members (excludes halogenated alkanes) is 2. The van der Waals surface area contributed by atoms with Gasteiger partial charge in [0.1, 0.15) is 0 Å². The van der Waals surface area contributed by atoms with Crippen LogP contribution in [0, 0.1) is 23.7 Å². The molecule has 0 aromatic carbocycles. The summed E-state index contributed by atoms with van der Waals surface area (Å²) in [7, 11) is 0. The van der Waals surface area contributed by atoms with Gasteiger partial charge in [-0.3, -0.25) is 0 Å². The summed E-state index contributed by atoms with van der Waals surface area (Å²) < 4.78 is 24.3. The first-order valence-electron chi connectivity index (χ1n) is 9.70. The van der Waals surface area contributed by atoms with Crippen LogP contribution >= 0.6 is 0 Å². The van der Waals surface area contributed by atoms with E-state index in [1.54, 1.807) is 0 Å². The van der Waals surface area contributed by atoms with Crippen LogP contribution in [0.2, 0.25) is 0 Å². The van der Waals surface area contributed by atoms with Crippen molar-refractivity contribution in [1.82, 2.24) is 0 Å². The van der Waals surface area contributed by atoms with Crippen molar-refractivity contribution in [3.63, 3.8) is 0 Å². The van der Waals surface area contributed by atoms with Crippen LogP contribution in [0.25, 0.3) is 0 Å². The lowest BCUT2D eigenvalue weighted by Crippen LogP contribution is -2.25. The highest BCUT2D eigenvalue weighted by Crippen LogP contribution is 2.42. The average Bonchev–Trinajstić information content (AvgIpc) is 2.54. The number of hydrogen-bond donors (Lipinski definition) is 0. The Morgan fingerprint density at radius 1 is 0.818 bits per heavy atom. The normalized spacial score (nSPS) is 32.7. The molecule has 0 bridgehead atoms. The van der Waals surface area contributed by atoms with E-state index in [1.165, 1.54) is 77.0 Å². The zero-order valence-electron chi connectivity index (χ0n) is 14.3. The van der Waals surface area contributed by atoms with Gasteiger partial charge in [-0.2, -0.15) is 8.78 Å². The van der Waals surface area contributed by atoms with Gasteiger partial charge in [-0.25, -0.2) is 0 Å². The van der Waals surface area contributed by atoms with Gasteiger partial charge in [0, 0.05) is 0 Å². The first-order chi connectivity index (χ1) is 10.7. The molecule has 0 atom stereocenters. The van der Waals surface area contributed by atoms with Crippen molar-refractivity contribution in [2.75, 3.05) is 0 Å². The van der Waals surface area contributed by atoms with E-state index in [9.17, 15) is 8.78 Å². The second-order valence-corrected chi connectivity index (χ2v) is 7.79. The van der Waals surface area contributed by atoms with E-state index in [4.69, 9.17) is 0 Å². The smallest absolute Gasteiger partial charge is 0.174 e. The molecule has 2 aliphatic rings. The highest BCUT2D eigenvalue weighted by molar-refractivity contribution is 4.87. The summed E-state index contributed by atoms with van der Waals surface area (Å²) >= 11 is 0. The molecular formula is C20H34F2. The third-order valence-electron chi connectivity index (χ3n) is 6.27. The number of hydrogen-bond acceptors (Lipinski definition) is 0. The molecule has 2 heteroatoms. The van der Waals surface area contributed by atoms with Crippen molar-refractivity contribution >= 4 is 0 Å². The molecule has 128 valence electrons. The molecule has 2 rings (SSSR count). The lowest BCUT2D eigenvalue weighted by Gasteiger charge is -2.37. The van der Waals surface area contributed by atoms with Crippen LogP contribution in [0.4, 0.5) is 8.78 Å². The predicted molar refractivity (Wildman–Crippen MR) is 90.0 cm³/mol. The summed E-state index contributed by atoms with van der Waals surface area (Å²) in [4.78, 5) is 0.